The van der Waals surface area contributed by atoms with E-state index in [4.69, 9.17) is 14.5 Å². The molecule has 1 amide bonds. The highest BCUT2D eigenvalue weighted by atomic mass is 32.1. The van der Waals surface area contributed by atoms with Crippen molar-refractivity contribution in [3.8, 4) is 22.9 Å². The highest BCUT2D eigenvalue weighted by Crippen LogP contribution is 2.35. The van der Waals surface area contributed by atoms with Gasteiger partial charge in [0.1, 0.15) is 10.7 Å². The molecule has 4 rings (SSSR count). The van der Waals surface area contributed by atoms with Crippen LogP contribution in [0.15, 0.2) is 23.0 Å². The SMILES string of the molecule is CCNC(=O)COc1ccc(-c2nc3sc4c(c3c(=O)[nH]2)CCCC4)cc1OC. The van der Waals surface area contributed by atoms with Crippen molar-refractivity contribution >= 4 is 27.5 Å². The molecule has 7 nitrogen and oxygen atoms in total. The van der Waals surface area contributed by atoms with Crippen LogP contribution in [0.25, 0.3) is 21.6 Å². The van der Waals surface area contributed by atoms with Crippen LogP contribution in [0.3, 0.4) is 0 Å². The number of H-pyrrole nitrogens is 1. The molecule has 0 saturated carbocycles. The number of nitrogens with zero attached hydrogens (tertiary/aromatic N) is 1. The number of methoxy groups -OCH3 is 1. The molecule has 2 aromatic heterocycles. The predicted molar refractivity (Wildman–Crippen MR) is 113 cm³/mol. The Morgan fingerprint density at radius 2 is 2.10 bits per heavy atom. The number of ether oxygens (including phenoxy) is 2. The second-order valence-electron chi connectivity index (χ2n) is 6.91. The molecule has 2 N–H and O–H groups in total. The second kappa shape index (κ2) is 8.24. The van der Waals surface area contributed by atoms with E-state index in [2.05, 4.69) is 10.3 Å². The molecule has 1 aliphatic carbocycles. The lowest BCUT2D eigenvalue weighted by atomic mass is 9.97. The van der Waals surface area contributed by atoms with Crippen molar-refractivity contribution in [2.75, 3.05) is 20.3 Å². The first-order valence-corrected chi connectivity index (χ1v) is 10.5. The number of hydrogen-bond acceptors (Lipinski definition) is 6. The molecule has 0 unspecified atom stereocenters. The average molecular weight is 413 g/mol. The van der Waals surface area contributed by atoms with E-state index >= 15 is 0 Å². The van der Waals surface area contributed by atoms with Gasteiger partial charge in [-0.15, -0.1) is 11.3 Å². The summed E-state index contributed by atoms with van der Waals surface area (Å²) in [6, 6.07) is 5.27. The minimum atomic E-state index is -0.197. The largest absolute Gasteiger partial charge is 0.493 e. The number of hydrogen-bond donors (Lipinski definition) is 2. The maximum atomic E-state index is 12.8. The first kappa shape index (κ1) is 19.4. The van der Waals surface area contributed by atoms with Crippen LogP contribution in [-0.4, -0.2) is 36.1 Å². The number of carbonyl (C=O) groups is 1. The molecular weight excluding hydrogens is 390 g/mol. The zero-order chi connectivity index (χ0) is 20.4. The molecular formula is C21H23N3O4S. The van der Waals surface area contributed by atoms with Crippen molar-refractivity contribution in [2.24, 2.45) is 0 Å². The van der Waals surface area contributed by atoms with E-state index in [1.54, 1.807) is 29.5 Å². The lowest BCUT2D eigenvalue weighted by Gasteiger charge is -2.12. The third-order valence-corrected chi connectivity index (χ3v) is 6.18. The van der Waals surface area contributed by atoms with Crippen LogP contribution in [-0.2, 0) is 17.6 Å². The molecule has 0 atom stereocenters. The summed E-state index contributed by atoms with van der Waals surface area (Å²) in [6.45, 7) is 2.30. The average Bonchev–Trinajstić information content (AvgIpc) is 3.11. The van der Waals surface area contributed by atoms with E-state index in [9.17, 15) is 9.59 Å². The fourth-order valence-corrected chi connectivity index (χ4v) is 4.89. The van der Waals surface area contributed by atoms with Gasteiger partial charge in [0.15, 0.2) is 18.1 Å². The number of aromatic nitrogens is 2. The van der Waals surface area contributed by atoms with Crippen molar-refractivity contribution in [1.82, 2.24) is 15.3 Å². The molecule has 0 fully saturated rings. The van der Waals surface area contributed by atoms with Crippen LogP contribution in [0.5, 0.6) is 11.5 Å². The summed E-state index contributed by atoms with van der Waals surface area (Å²) in [6.07, 6.45) is 4.26. The maximum Gasteiger partial charge on any atom is 0.260 e. The van der Waals surface area contributed by atoms with Crippen molar-refractivity contribution in [2.45, 2.75) is 32.6 Å². The summed E-state index contributed by atoms with van der Waals surface area (Å²) in [4.78, 5) is 34.1. The van der Waals surface area contributed by atoms with Crippen molar-refractivity contribution in [3.63, 3.8) is 0 Å². The molecule has 2 heterocycles. The first-order valence-electron chi connectivity index (χ1n) is 9.73. The number of benzene rings is 1. The van der Waals surface area contributed by atoms with Crippen LogP contribution in [0.1, 0.15) is 30.2 Å². The van der Waals surface area contributed by atoms with Gasteiger partial charge in [0.05, 0.1) is 12.5 Å². The van der Waals surface area contributed by atoms with Gasteiger partial charge in [-0.1, -0.05) is 0 Å². The van der Waals surface area contributed by atoms with Crippen LogP contribution >= 0.6 is 11.3 Å². The Kier molecular flexibility index (Phi) is 5.53. The molecule has 1 aliphatic rings. The molecule has 3 aromatic rings. The number of nitrogens with one attached hydrogen (secondary N) is 2. The number of aromatic amines is 1. The molecule has 0 radical (unpaired) electrons. The van der Waals surface area contributed by atoms with Crippen LogP contribution in [0, 0.1) is 0 Å². The second-order valence-corrected chi connectivity index (χ2v) is 8.00. The zero-order valence-corrected chi connectivity index (χ0v) is 17.3. The monoisotopic (exact) mass is 413 g/mol. The van der Waals surface area contributed by atoms with Gasteiger partial charge in [0.25, 0.3) is 11.5 Å². The molecule has 8 heteroatoms. The third-order valence-electron chi connectivity index (χ3n) is 4.99. The lowest BCUT2D eigenvalue weighted by molar-refractivity contribution is -0.123. The van der Waals surface area contributed by atoms with Gasteiger partial charge in [-0.2, -0.15) is 0 Å². The summed E-state index contributed by atoms with van der Waals surface area (Å²) >= 11 is 1.62. The number of fused-ring (bicyclic) bond motifs is 3. The molecule has 0 spiro atoms. The molecule has 1 aromatic carbocycles. The Hall–Kier alpha value is -2.87. The quantitative estimate of drug-likeness (QED) is 0.648. The fraction of sp³-hybridized carbons (Fsp3) is 0.381. The topological polar surface area (TPSA) is 93.3 Å². The van der Waals surface area contributed by atoms with Crippen LogP contribution < -0.4 is 20.3 Å². The number of aryl methyl sites for hydroxylation is 2. The molecule has 0 bridgehead atoms. The lowest BCUT2D eigenvalue weighted by Crippen LogP contribution is -2.28. The van der Waals surface area contributed by atoms with Gasteiger partial charge >= 0.3 is 0 Å². The van der Waals surface area contributed by atoms with Gasteiger partial charge in [-0.25, -0.2) is 4.98 Å². The zero-order valence-electron chi connectivity index (χ0n) is 16.5. The van der Waals surface area contributed by atoms with Gasteiger partial charge in [-0.05, 0) is 56.4 Å². The van der Waals surface area contributed by atoms with Gasteiger partial charge < -0.3 is 19.8 Å². The first-order chi connectivity index (χ1) is 14.1. The highest BCUT2D eigenvalue weighted by Gasteiger charge is 2.20. The normalized spacial score (nSPS) is 13.2. The van der Waals surface area contributed by atoms with Gasteiger partial charge in [0, 0.05) is 17.0 Å². The Morgan fingerprint density at radius 3 is 2.90 bits per heavy atom. The Morgan fingerprint density at radius 1 is 1.28 bits per heavy atom. The third kappa shape index (κ3) is 3.85. The summed E-state index contributed by atoms with van der Waals surface area (Å²) in [7, 11) is 1.53. The number of rotatable bonds is 6. The van der Waals surface area contributed by atoms with Gasteiger partial charge in [0.2, 0.25) is 0 Å². The van der Waals surface area contributed by atoms with Crippen molar-refractivity contribution < 1.29 is 14.3 Å². The van der Waals surface area contributed by atoms with E-state index in [-0.39, 0.29) is 18.1 Å². The van der Waals surface area contributed by atoms with Crippen molar-refractivity contribution in [3.05, 3.63) is 39.0 Å². The Labute approximate surface area is 172 Å². The van der Waals surface area contributed by atoms with E-state index in [0.29, 0.717) is 23.9 Å². The van der Waals surface area contributed by atoms with Crippen LogP contribution in [0.4, 0.5) is 0 Å². The molecule has 0 aliphatic heterocycles. The van der Waals surface area contributed by atoms with E-state index in [1.807, 2.05) is 6.92 Å². The van der Waals surface area contributed by atoms with Crippen molar-refractivity contribution in [1.29, 1.82) is 0 Å². The number of carbonyl (C=O) groups excluding carboxylic acids is 1. The standard InChI is InChI=1S/C21H23N3O4S/c1-3-22-17(25)11-28-14-9-8-12(10-15(14)27-2)19-23-20(26)18-13-6-4-5-7-16(13)29-21(18)24-19/h8-10H,3-7,11H2,1-2H3,(H,22,25)(H,23,24,26). The van der Waals surface area contributed by atoms with E-state index < -0.39 is 0 Å². The minimum absolute atomic E-state index is 0.0919. The Bertz CT molecular complexity index is 1120. The number of amides is 1. The fourth-order valence-electron chi connectivity index (χ4n) is 3.63. The van der Waals surface area contributed by atoms with E-state index in [1.165, 1.54) is 24.0 Å². The summed E-state index contributed by atoms with van der Waals surface area (Å²) in [5.74, 6) is 1.23. The smallest absolute Gasteiger partial charge is 0.260 e. The van der Waals surface area contributed by atoms with Crippen LogP contribution in [0.2, 0.25) is 0 Å². The summed E-state index contributed by atoms with van der Waals surface area (Å²) in [5, 5.41) is 3.42. The van der Waals surface area contributed by atoms with E-state index in [0.717, 1.165) is 35.0 Å². The number of likely N-dealkylation sites (N-methyl/N-ethyl adjacent to an activating group) is 1. The van der Waals surface area contributed by atoms with Gasteiger partial charge in [-0.3, -0.25) is 9.59 Å². The maximum absolute atomic E-state index is 12.8. The number of thiophene rings is 1. The predicted octanol–water partition coefficient (Wildman–Crippen LogP) is 3.05. The molecule has 29 heavy (non-hydrogen) atoms. The summed E-state index contributed by atoms with van der Waals surface area (Å²) < 4.78 is 11.0. The highest BCUT2D eigenvalue weighted by molar-refractivity contribution is 7.18. The molecule has 0 saturated heterocycles. The molecule has 152 valence electrons. The minimum Gasteiger partial charge on any atom is -0.493 e. The Balaban J connectivity index is 1.66. The summed E-state index contributed by atoms with van der Waals surface area (Å²) in [5.41, 5.74) is 1.79.